The van der Waals surface area contributed by atoms with Crippen molar-refractivity contribution in [3.05, 3.63) is 89.0 Å². The summed E-state index contributed by atoms with van der Waals surface area (Å²) in [6.07, 6.45) is 0.329. The minimum absolute atomic E-state index is 0.0162. The monoisotopic (exact) mass is 482 g/mol. The fourth-order valence-corrected chi connectivity index (χ4v) is 4.73. The van der Waals surface area contributed by atoms with Crippen molar-refractivity contribution >= 4 is 28.4 Å². The summed E-state index contributed by atoms with van der Waals surface area (Å²) in [6, 6.07) is 21.4. The fourth-order valence-electron chi connectivity index (χ4n) is 4.73. The van der Waals surface area contributed by atoms with Gasteiger partial charge in [-0.15, -0.1) is 0 Å². The van der Waals surface area contributed by atoms with Gasteiger partial charge in [0.05, 0.1) is 36.4 Å². The van der Waals surface area contributed by atoms with Crippen LogP contribution in [0.15, 0.2) is 66.7 Å². The Morgan fingerprint density at radius 3 is 2.36 bits per heavy atom. The molecule has 2 N–H and O–H groups in total. The highest BCUT2D eigenvalue weighted by atomic mass is 16.5. The summed E-state index contributed by atoms with van der Waals surface area (Å²) >= 11 is 0. The number of carbonyl (C=O) groups excluding carboxylic acids is 2. The number of Topliss-reactive ketones (excluding diaryl/α,β-unsaturated/α-hetero) is 1. The van der Waals surface area contributed by atoms with Gasteiger partial charge in [0, 0.05) is 23.0 Å². The van der Waals surface area contributed by atoms with E-state index in [1.54, 1.807) is 17.6 Å². The summed E-state index contributed by atoms with van der Waals surface area (Å²) in [4.78, 5) is 25.8. The largest absolute Gasteiger partial charge is 0.490 e. The second-order valence-electron chi connectivity index (χ2n) is 9.87. The van der Waals surface area contributed by atoms with Crippen molar-refractivity contribution in [2.24, 2.45) is 0 Å². The van der Waals surface area contributed by atoms with E-state index in [-0.39, 0.29) is 29.3 Å². The van der Waals surface area contributed by atoms with Crippen LogP contribution in [0.2, 0.25) is 0 Å². The van der Waals surface area contributed by atoms with Crippen molar-refractivity contribution in [2.75, 3.05) is 11.9 Å². The van der Waals surface area contributed by atoms with Gasteiger partial charge in [0.25, 0.3) is 0 Å². The van der Waals surface area contributed by atoms with Gasteiger partial charge in [-0.2, -0.15) is 0 Å². The number of fused-ring (bicyclic) bond motifs is 2. The fraction of sp³-hybridized carbons (Fsp3) is 0.276. The summed E-state index contributed by atoms with van der Waals surface area (Å²) in [5.74, 6) is 0.363. The molecule has 0 fully saturated rings. The average Bonchev–Trinajstić information content (AvgIpc) is 3.33. The van der Waals surface area contributed by atoms with Gasteiger partial charge in [-0.05, 0) is 29.8 Å². The van der Waals surface area contributed by atoms with Crippen LogP contribution in [0.4, 0.5) is 5.69 Å². The molecule has 1 aliphatic heterocycles. The molecular weight excluding hydrogens is 452 g/mol. The third-order valence-corrected chi connectivity index (χ3v) is 6.77. The molecule has 2 heterocycles. The van der Waals surface area contributed by atoms with E-state index in [4.69, 9.17) is 10.1 Å². The number of hydrogen-bond acceptors (Lipinski definition) is 4. The molecule has 1 aromatic heterocycles. The van der Waals surface area contributed by atoms with Crippen molar-refractivity contribution in [3.63, 3.8) is 0 Å². The van der Waals surface area contributed by atoms with Crippen molar-refractivity contribution in [2.45, 2.75) is 45.7 Å². The number of ketones is 1. The van der Waals surface area contributed by atoms with E-state index in [9.17, 15) is 9.59 Å². The van der Waals surface area contributed by atoms with Gasteiger partial charge >= 0.3 is 0 Å². The number of carbonyl (C=O) groups is 2. The summed E-state index contributed by atoms with van der Waals surface area (Å²) in [7, 11) is 0. The average molecular weight is 483 g/mol. The van der Waals surface area contributed by atoms with Crippen LogP contribution in [0.3, 0.4) is 0 Å². The minimum Gasteiger partial charge on any atom is -0.490 e. The first-order valence-corrected chi connectivity index (χ1v) is 12.2. The second-order valence-corrected chi connectivity index (χ2v) is 9.87. The van der Waals surface area contributed by atoms with Crippen LogP contribution < -0.4 is 15.7 Å². The normalized spacial score (nSPS) is 13.9. The molecule has 36 heavy (non-hydrogen) atoms. The number of benzene rings is 3. The van der Waals surface area contributed by atoms with E-state index in [2.05, 4.69) is 19.2 Å². The highest BCUT2D eigenvalue weighted by Crippen LogP contribution is 2.44. The van der Waals surface area contributed by atoms with E-state index in [0.29, 0.717) is 36.6 Å². The molecule has 184 valence electrons. The minimum atomic E-state index is -0.281. The summed E-state index contributed by atoms with van der Waals surface area (Å²) < 4.78 is 9.59. The summed E-state index contributed by atoms with van der Waals surface area (Å²) in [5.41, 5.74) is 4.72. The van der Waals surface area contributed by atoms with Crippen molar-refractivity contribution in [1.29, 1.82) is 5.41 Å². The van der Waals surface area contributed by atoms with Crippen molar-refractivity contribution in [1.82, 2.24) is 9.13 Å². The SMILES string of the molecule is CCC(=O)Nc1cc(C(=O)Cn2c(=N)n(Cc3ccccc3)c3ccccc32)cc2c1OCC2(C)C. The number of amides is 1. The van der Waals surface area contributed by atoms with Crippen molar-refractivity contribution in [3.8, 4) is 5.75 Å². The van der Waals surface area contributed by atoms with E-state index >= 15 is 0 Å². The van der Waals surface area contributed by atoms with E-state index in [0.717, 1.165) is 22.2 Å². The maximum absolute atomic E-state index is 13.6. The van der Waals surface area contributed by atoms with Crippen LogP contribution in [0.5, 0.6) is 5.75 Å². The number of para-hydroxylation sites is 2. The zero-order chi connectivity index (χ0) is 25.4. The van der Waals surface area contributed by atoms with Crippen LogP contribution >= 0.6 is 0 Å². The highest BCUT2D eigenvalue weighted by molar-refractivity contribution is 6.00. The third-order valence-electron chi connectivity index (χ3n) is 6.77. The number of rotatable bonds is 7. The predicted octanol–water partition coefficient (Wildman–Crippen LogP) is 4.87. The third kappa shape index (κ3) is 4.21. The predicted molar refractivity (Wildman–Crippen MR) is 140 cm³/mol. The first-order chi connectivity index (χ1) is 17.3. The van der Waals surface area contributed by atoms with Gasteiger partial charge < -0.3 is 19.2 Å². The molecule has 0 aliphatic carbocycles. The zero-order valence-corrected chi connectivity index (χ0v) is 20.8. The maximum atomic E-state index is 13.6. The Morgan fingerprint density at radius 1 is 1.00 bits per heavy atom. The molecule has 3 aromatic carbocycles. The standard InChI is InChI=1S/C29H30N4O3/c1-4-26(35)31-22-15-20(14-21-27(22)36-18-29(21,2)3)25(34)17-33-24-13-9-8-12-23(24)32(28(33)30)16-19-10-6-5-7-11-19/h5-15,30H,4,16-18H2,1-3H3,(H,31,35). The van der Waals surface area contributed by atoms with Gasteiger partial charge in [0.15, 0.2) is 5.78 Å². The van der Waals surface area contributed by atoms with Crippen LogP contribution in [0.25, 0.3) is 11.0 Å². The van der Waals surface area contributed by atoms with E-state index in [1.165, 1.54) is 0 Å². The molecule has 0 atom stereocenters. The topological polar surface area (TPSA) is 89.1 Å². The molecule has 0 saturated heterocycles. The lowest BCUT2D eigenvalue weighted by molar-refractivity contribution is -0.115. The Kier molecular flexibility index (Phi) is 6.00. The number of ether oxygens (including phenoxy) is 1. The number of nitrogens with one attached hydrogen (secondary N) is 2. The number of aromatic nitrogens is 2. The lowest BCUT2D eigenvalue weighted by Crippen LogP contribution is -2.28. The molecule has 0 spiro atoms. The van der Waals surface area contributed by atoms with Crippen LogP contribution in [-0.2, 0) is 23.3 Å². The van der Waals surface area contributed by atoms with Gasteiger partial charge in [-0.1, -0.05) is 63.2 Å². The second kappa shape index (κ2) is 9.15. The maximum Gasteiger partial charge on any atom is 0.224 e. The first-order valence-electron chi connectivity index (χ1n) is 12.2. The molecule has 4 aromatic rings. The highest BCUT2D eigenvalue weighted by Gasteiger charge is 2.35. The van der Waals surface area contributed by atoms with Crippen LogP contribution in [0.1, 0.15) is 48.7 Å². The molecule has 5 rings (SSSR count). The van der Waals surface area contributed by atoms with Crippen LogP contribution in [-0.4, -0.2) is 27.4 Å². The number of nitrogens with zero attached hydrogens (tertiary/aromatic N) is 2. The van der Waals surface area contributed by atoms with Gasteiger partial charge in [-0.3, -0.25) is 15.0 Å². The molecule has 0 radical (unpaired) electrons. The van der Waals surface area contributed by atoms with Gasteiger partial charge in [0.2, 0.25) is 11.5 Å². The molecule has 7 nitrogen and oxygen atoms in total. The van der Waals surface area contributed by atoms with Gasteiger partial charge in [-0.25, -0.2) is 0 Å². The number of anilines is 1. The molecule has 0 unspecified atom stereocenters. The molecule has 1 amide bonds. The van der Waals surface area contributed by atoms with E-state index in [1.807, 2.05) is 65.2 Å². The lowest BCUT2D eigenvalue weighted by atomic mass is 9.85. The Balaban J connectivity index is 1.54. The Hall–Kier alpha value is -4.13. The molecule has 0 bridgehead atoms. The van der Waals surface area contributed by atoms with Crippen molar-refractivity contribution < 1.29 is 14.3 Å². The number of hydrogen-bond donors (Lipinski definition) is 2. The van der Waals surface area contributed by atoms with Gasteiger partial charge in [0.1, 0.15) is 5.75 Å². The Labute approximate surface area is 209 Å². The molecular formula is C29H30N4O3. The summed E-state index contributed by atoms with van der Waals surface area (Å²) in [6.45, 7) is 6.95. The zero-order valence-electron chi connectivity index (χ0n) is 20.8. The molecule has 7 heteroatoms. The Bertz CT molecular complexity index is 1530. The quantitative estimate of drug-likeness (QED) is 0.368. The Morgan fingerprint density at radius 2 is 1.67 bits per heavy atom. The van der Waals surface area contributed by atoms with Crippen LogP contribution in [0, 0.1) is 5.41 Å². The van der Waals surface area contributed by atoms with E-state index < -0.39 is 0 Å². The molecule has 1 aliphatic rings. The summed E-state index contributed by atoms with van der Waals surface area (Å²) in [5, 5.41) is 11.8. The number of imidazole rings is 1. The molecule has 0 saturated carbocycles. The lowest BCUT2D eigenvalue weighted by Gasteiger charge is -2.17. The first kappa shape index (κ1) is 23.6. The smallest absolute Gasteiger partial charge is 0.224 e.